The lowest BCUT2D eigenvalue weighted by Gasteiger charge is -2.30. The summed E-state index contributed by atoms with van der Waals surface area (Å²) in [6.07, 6.45) is 8.00. The lowest BCUT2D eigenvalue weighted by atomic mass is 9.78. The second-order valence-corrected chi connectivity index (χ2v) is 14.8. The van der Waals surface area contributed by atoms with Crippen molar-refractivity contribution in [1.82, 2.24) is 0 Å². The third-order valence-corrected chi connectivity index (χ3v) is 11.2. The lowest BCUT2D eigenvalue weighted by molar-refractivity contribution is -0.0993. The Morgan fingerprint density at radius 3 is 1.35 bits per heavy atom. The molecule has 0 bridgehead atoms. The van der Waals surface area contributed by atoms with Gasteiger partial charge in [0.05, 0.1) is 39.6 Å². The predicted molar refractivity (Wildman–Crippen MR) is 208 cm³/mol. The molecule has 0 spiro atoms. The second-order valence-electron chi connectivity index (χ2n) is 14.0. The average molecular weight is 746 g/mol. The van der Waals surface area contributed by atoms with Crippen molar-refractivity contribution in [3.05, 3.63) is 115 Å². The standard InChI is InChI=1S/C44H50Cl2O6/c1-29-27-31-11-3-5-13-33(31)39-40-34-14-6-4-12-32(34)28-30(2)42(40)50-24-20-48-22-26-52-44(36-16-8-10-18-38(36)46)43(35-15-7-9-17-37(35)45)51-25-21-47-19-23-49-41(29)39/h7-10,15-18,27-28,43-44H,3-6,11-14,19-26H2,1-2H3. The minimum absolute atomic E-state index is 0.329. The highest BCUT2D eigenvalue weighted by Crippen LogP contribution is 2.49. The van der Waals surface area contributed by atoms with E-state index in [0.717, 1.165) is 59.4 Å². The summed E-state index contributed by atoms with van der Waals surface area (Å²) >= 11 is 13.5. The van der Waals surface area contributed by atoms with Crippen molar-refractivity contribution >= 4 is 23.2 Å². The van der Waals surface area contributed by atoms with Gasteiger partial charge in [0.25, 0.3) is 0 Å². The van der Waals surface area contributed by atoms with Crippen molar-refractivity contribution < 1.29 is 28.4 Å². The zero-order valence-electron chi connectivity index (χ0n) is 30.4. The van der Waals surface area contributed by atoms with E-state index in [2.05, 4.69) is 26.0 Å². The van der Waals surface area contributed by atoms with Gasteiger partial charge < -0.3 is 28.4 Å². The molecule has 276 valence electrons. The summed E-state index contributed by atoms with van der Waals surface area (Å²) in [5.41, 5.74) is 12.1. The maximum Gasteiger partial charge on any atom is 0.130 e. The number of hydrogen-bond donors (Lipinski definition) is 0. The zero-order chi connectivity index (χ0) is 35.9. The van der Waals surface area contributed by atoms with E-state index in [1.165, 1.54) is 59.1 Å². The summed E-state index contributed by atoms with van der Waals surface area (Å²) in [7, 11) is 0. The molecule has 0 N–H and O–H groups in total. The number of benzene rings is 4. The highest BCUT2D eigenvalue weighted by molar-refractivity contribution is 6.31. The number of fused-ring (bicyclic) bond motifs is 7. The number of aryl methyl sites for hydroxylation is 4. The first-order valence-corrected chi connectivity index (χ1v) is 19.7. The first kappa shape index (κ1) is 37.2. The Labute approximate surface area is 318 Å². The van der Waals surface area contributed by atoms with Gasteiger partial charge in [0.1, 0.15) is 36.9 Å². The molecule has 6 nitrogen and oxygen atoms in total. The van der Waals surface area contributed by atoms with Gasteiger partial charge in [0, 0.05) is 32.3 Å². The van der Waals surface area contributed by atoms with Gasteiger partial charge in [-0.25, -0.2) is 0 Å². The van der Waals surface area contributed by atoms with Crippen LogP contribution in [0.2, 0.25) is 10.0 Å². The van der Waals surface area contributed by atoms with E-state index >= 15 is 0 Å². The Morgan fingerprint density at radius 2 is 0.904 bits per heavy atom. The van der Waals surface area contributed by atoms with E-state index in [-0.39, 0.29) is 0 Å². The van der Waals surface area contributed by atoms with Crippen LogP contribution in [0, 0.1) is 13.8 Å². The van der Waals surface area contributed by atoms with Crippen LogP contribution in [0.15, 0.2) is 60.7 Å². The fourth-order valence-electron chi connectivity index (χ4n) is 8.14. The lowest BCUT2D eigenvalue weighted by Crippen LogP contribution is -2.23. The van der Waals surface area contributed by atoms with Crippen LogP contribution in [0.5, 0.6) is 11.5 Å². The third-order valence-electron chi connectivity index (χ3n) is 10.5. The summed E-state index contributed by atoms with van der Waals surface area (Å²) in [4.78, 5) is 0. The summed E-state index contributed by atoms with van der Waals surface area (Å²) in [6.45, 7) is 7.47. The van der Waals surface area contributed by atoms with Crippen LogP contribution in [0.3, 0.4) is 0 Å². The van der Waals surface area contributed by atoms with Crippen molar-refractivity contribution in [2.24, 2.45) is 0 Å². The molecular weight excluding hydrogens is 695 g/mol. The molecule has 8 heteroatoms. The third kappa shape index (κ3) is 8.33. The van der Waals surface area contributed by atoms with E-state index < -0.39 is 12.2 Å². The van der Waals surface area contributed by atoms with E-state index in [9.17, 15) is 0 Å². The smallest absolute Gasteiger partial charge is 0.130 e. The minimum atomic E-state index is -0.534. The quantitative estimate of drug-likeness (QED) is 0.204. The van der Waals surface area contributed by atoms with Gasteiger partial charge in [-0.1, -0.05) is 71.7 Å². The van der Waals surface area contributed by atoms with Crippen LogP contribution in [-0.2, 0) is 44.6 Å². The largest absolute Gasteiger partial charge is 0.490 e. The van der Waals surface area contributed by atoms with Crippen LogP contribution in [-0.4, -0.2) is 52.9 Å². The molecule has 4 aromatic carbocycles. The molecule has 52 heavy (non-hydrogen) atoms. The highest BCUT2D eigenvalue weighted by atomic mass is 35.5. The number of halogens is 2. The Hall–Kier alpha value is -3.10. The molecule has 0 saturated carbocycles. The van der Waals surface area contributed by atoms with Gasteiger partial charge in [-0.05, 0) is 111 Å². The van der Waals surface area contributed by atoms with Gasteiger partial charge in [-0.15, -0.1) is 0 Å². The van der Waals surface area contributed by atoms with Gasteiger partial charge in [-0.2, -0.15) is 0 Å². The monoisotopic (exact) mass is 744 g/mol. The van der Waals surface area contributed by atoms with E-state index in [4.69, 9.17) is 51.6 Å². The van der Waals surface area contributed by atoms with Crippen LogP contribution >= 0.6 is 23.2 Å². The van der Waals surface area contributed by atoms with Crippen LogP contribution in [0.4, 0.5) is 0 Å². The van der Waals surface area contributed by atoms with Gasteiger partial charge in [0.2, 0.25) is 0 Å². The molecule has 0 amide bonds. The molecule has 1 heterocycles. The highest BCUT2D eigenvalue weighted by Gasteiger charge is 2.31. The number of hydrogen-bond acceptors (Lipinski definition) is 6. The van der Waals surface area contributed by atoms with E-state index in [1.54, 1.807) is 0 Å². The molecule has 0 aromatic heterocycles. The minimum Gasteiger partial charge on any atom is -0.490 e. The molecule has 0 fully saturated rings. The van der Waals surface area contributed by atoms with Crippen molar-refractivity contribution in [2.45, 2.75) is 77.4 Å². The van der Waals surface area contributed by atoms with E-state index in [0.29, 0.717) is 62.9 Å². The number of rotatable bonds is 2. The Kier molecular flexibility index (Phi) is 12.8. The SMILES string of the molecule is Cc1cc2c(c3c1OCCOCCOC(c1ccccc1Cl)C(c1ccccc1Cl)OCCOCCOc1c(C)cc4c(c1-3)CCCC4)CCCC2. The van der Waals surface area contributed by atoms with Crippen LogP contribution < -0.4 is 9.47 Å². The fraction of sp³-hybridized carbons (Fsp3) is 0.455. The molecular formula is C44H50Cl2O6. The Balaban J connectivity index is 1.21. The maximum atomic E-state index is 6.75. The maximum absolute atomic E-state index is 6.75. The van der Waals surface area contributed by atoms with Gasteiger partial charge >= 0.3 is 0 Å². The molecule has 0 saturated heterocycles. The van der Waals surface area contributed by atoms with Gasteiger partial charge in [-0.3, -0.25) is 0 Å². The first-order valence-electron chi connectivity index (χ1n) is 19.0. The second kappa shape index (κ2) is 17.8. The van der Waals surface area contributed by atoms with Crippen LogP contribution in [0.25, 0.3) is 11.1 Å². The van der Waals surface area contributed by atoms with Gasteiger partial charge in [0.15, 0.2) is 0 Å². The summed E-state index contributed by atoms with van der Waals surface area (Å²) in [5, 5.41) is 1.19. The topological polar surface area (TPSA) is 55.4 Å². The average Bonchev–Trinajstić information content (AvgIpc) is 3.15. The van der Waals surface area contributed by atoms with Crippen LogP contribution in [0.1, 0.15) is 82.4 Å². The molecule has 3 aliphatic rings. The zero-order valence-corrected chi connectivity index (χ0v) is 32.0. The normalized spacial score (nSPS) is 20.6. The van der Waals surface area contributed by atoms with Crippen molar-refractivity contribution in [3.63, 3.8) is 0 Å². The summed E-state index contributed by atoms with van der Waals surface area (Å²) < 4.78 is 38.9. The molecule has 4 aromatic rings. The molecule has 7 rings (SSSR count). The van der Waals surface area contributed by atoms with Crippen molar-refractivity contribution in [2.75, 3.05) is 52.9 Å². The van der Waals surface area contributed by atoms with Crippen molar-refractivity contribution in [3.8, 4) is 22.6 Å². The molecule has 2 atom stereocenters. The number of ether oxygens (including phenoxy) is 6. The molecule has 0 radical (unpaired) electrons. The Bertz CT molecular complexity index is 1710. The first-order chi connectivity index (χ1) is 25.5. The predicted octanol–water partition coefficient (Wildman–Crippen LogP) is 10.4. The van der Waals surface area contributed by atoms with Crippen molar-refractivity contribution in [1.29, 1.82) is 0 Å². The summed E-state index contributed by atoms with van der Waals surface area (Å²) in [5.74, 6) is 1.90. The molecule has 2 unspecified atom stereocenters. The fourth-order valence-corrected chi connectivity index (χ4v) is 8.63. The summed E-state index contributed by atoms with van der Waals surface area (Å²) in [6, 6.07) is 20.1. The molecule has 1 aliphatic heterocycles. The van der Waals surface area contributed by atoms with E-state index in [1.807, 2.05) is 48.5 Å². The Morgan fingerprint density at radius 1 is 0.500 bits per heavy atom. The molecule has 2 aliphatic carbocycles.